The van der Waals surface area contributed by atoms with E-state index in [0.29, 0.717) is 6.54 Å². The van der Waals surface area contributed by atoms with Gasteiger partial charge in [0.1, 0.15) is 5.82 Å². The van der Waals surface area contributed by atoms with Crippen molar-refractivity contribution in [2.24, 2.45) is 0 Å². The minimum absolute atomic E-state index is 0.206. The monoisotopic (exact) mass is 333 g/mol. The zero-order valence-corrected chi connectivity index (χ0v) is 14.4. The minimum atomic E-state index is -0.206. The van der Waals surface area contributed by atoms with Gasteiger partial charge in [-0.05, 0) is 56.6 Å². The van der Waals surface area contributed by atoms with Crippen molar-refractivity contribution in [2.45, 2.75) is 32.1 Å². The summed E-state index contributed by atoms with van der Waals surface area (Å²) in [6.45, 7) is 5.99. The van der Waals surface area contributed by atoms with E-state index in [9.17, 15) is 9.18 Å². The van der Waals surface area contributed by atoms with E-state index in [4.69, 9.17) is 0 Å². The molecule has 0 atom stereocenters. The Bertz CT molecular complexity index is 526. The molecule has 4 nitrogen and oxygen atoms in total. The van der Waals surface area contributed by atoms with Crippen molar-refractivity contribution < 1.29 is 9.18 Å². The second kappa shape index (κ2) is 8.47. The summed E-state index contributed by atoms with van der Waals surface area (Å²) < 4.78 is 13.1. The number of likely N-dealkylation sites (tertiary alicyclic amines) is 1. The molecule has 0 aliphatic carbocycles. The molecule has 1 aromatic carbocycles. The largest absolute Gasteiger partial charge is 0.370 e. The van der Waals surface area contributed by atoms with Crippen molar-refractivity contribution >= 4 is 11.6 Å². The summed E-state index contributed by atoms with van der Waals surface area (Å²) in [5.74, 6) is 0.0562. The van der Waals surface area contributed by atoms with Crippen LogP contribution in [0.5, 0.6) is 0 Å². The van der Waals surface area contributed by atoms with E-state index < -0.39 is 0 Å². The molecule has 24 heavy (non-hydrogen) atoms. The van der Waals surface area contributed by atoms with Crippen molar-refractivity contribution in [2.75, 3.05) is 50.7 Å². The van der Waals surface area contributed by atoms with Gasteiger partial charge in [-0.1, -0.05) is 12.8 Å². The molecule has 132 valence electrons. The van der Waals surface area contributed by atoms with E-state index >= 15 is 0 Å². The molecule has 3 rings (SSSR count). The van der Waals surface area contributed by atoms with Gasteiger partial charge in [-0.3, -0.25) is 9.69 Å². The quantitative estimate of drug-likeness (QED) is 0.851. The third-order valence-corrected chi connectivity index (χ3v) is 5.10. The van der Waals surface area contributed by atoms with Crippen molar-refractivity contribution in [1.29, 1.82) is 0 Å². The first kappa shape index (κ1) is 17.2. The lowest BCUT2D eigenvalue weighted by Gasteiger charge is -2.26. The van der Waals surface area contributed by atoms with Crippen LogP contribution in [0.25, 0.3) is 0 Å². The second-order valence-electron chi connectivity index (χ2n) is 6.89. The number of carbonyl (C=O) groups is 1. The summed E-state index contributed by atoms with van der Waals surface area (Å²) in [6.07, 6.45) is 5.97. The van der Waals surface area contributed by atoms with Crippen LogP contribution in [0.4, 0.5) is 10.1 Å². The third kappa shape index (κ3) is 4.69. The highest BCUT2D eigenvalue weighted by Crippen LogP contribution is 2.17. The molecule has 0 spiro atoms. The van der Waals surface area contributed by atoms with Crippen molar-refractivity contribution in [3.63, 3.8) is 0 Å². The Labute approximate surface area is 144 Å². The highest BCUT2D eigenvalue weighted by molar-refractivity contribution is 5.78. The summed E-state index contributed by atoms with van der Waals surface area (Å²) in [5.41, 5.74) is 1.04. The van der Waals surface area contributed by atoms with E-state index in [1.165, 1.54) is 37.8 Å². The van der Waals surface area contributed by atoms with Crippen molar-refractivity contribution in [3.05, 3.63) is 30.1 Å². The molecule has 0 radical (unpaired) electrons. The van der Waals surface area contributed by atoms with Gasteiger partial charge >= 0.3 is 0 Å². The van der Waals surface area contributed by atoms with Gasteiger partial charge < -0.3 is 9.80 Å². The molecule has 2 saturated heterocycles. The zero-order valence-electron chi connectivity index (χ0n) is 14.4. The highest BCUT2D eigenvalue weighted by Gasteiger charge is 2.21. The van der Waals surface area contributed by atoms with Gasteiger partial charge in [0, 0.05) is 31.9 Å². The number of hydrogen-bond acceptors (Lipinski definition) is 3. The molecule has 2 fully saturated rings. The fourth-order valence-electron chi connectivity index (χ4n) is 3.66. The van der Waals surface area contributed by atoms with Crippen molar-refractivity contribution in [1.82, 2.24) is 9.80 Å². The maximum absolute atomic E-state index is 13.1. The number of benzene rings is 1. The van der Waals surface area contributed by atoms with Gasteiger partial charge in [0.2, 0.25) is 5.91 Å². The predicted molar refractivity (Wildman–Crippen MR) is 94.7 cm³/mol. The lowest BCUT2D eigenvalue weighted by Crippen LogP contribution is -2.42. The molecule has 5 heteroatoms. The SMILES string of the molecule is O=C(CN1CCCCCC1)N1CCCN(c2ccc(F)cc2)CC1. The van der Waals surface area contributed by atoms with Crippen LogP contribution in [0.3, 0.4) is 0 Å². The van der Waals surface area contributed by atoms with Crippen LogP contribution >= 0.6 is 0 Å². The van der Waals surface area contributed by atoms with Gasteiger partial charge in [0.15, 0.2) is 0 Å². The predicted octanol–water partition coefficient (Wildman–Crippen LogP) is 2.74. The Kier molecular flexibility index (Phi) is 6.07. The van der Waals surface area contributed by atoms with Crippen LogP contribution in [-0.2, 0) is 4.79 Å². The van der Waals surface area contributed by atoms with Crippen LogP contribution in [0.1, 0.15) is 32.1 Å². The maximum Gasteiger partial charge on any atom is 0.236 e. The minimum Gasteiger partial charge on any atom is -0.370 e. The Morgan fingerprint density at radius 2 is 1.54 bits per heavy atom. The van der Waals surface area contributed by atoms with Crippen LogP contribution in [0.15, 0.2) is 24.3 Å². The molecular formula is C19H28FN3O. The maximum atomic E-state index is 13.1. The molecule has 2 aliphatic heterocycles. The van der Waals surface area contributed by atoms with Crippen LogP contribution < -0.4 is 4.90 Å². The number of carbonyl (C=O) groups excluding carboxylic acids is 1. The Balaban J connectivity index is 1.52. The topological polar surface area (TPSA) is 26.8 Å². The molecule has 1 amide bonds. The molecule has 0 aromatic heterocycles. The summed E-state index contributed by atoms with van der Waals surface area (Å²) in [6, 6.07) is 6.65. The third-order valence-electron chi connectivity index (χ3n) is 5.10. The summed E-state index contributed by atoms with van der Waals surface area (Å²) in [5, 5.41) is 0. The summed E-state index contributed by atoms with van der Waals surface area (Å²) in [7, 11) is 0. The Hall–Kier alpha value is -1.62. The Morgan fingerprint density at radius 3 is 2.25 bits per heavy atom. The average molecular weight is 333 g/mol. The fraction of sp³-hybridized carbons (Fsp3) is 0.632. The molecule has 1 aromatic rings. The Morgan fingerprint density at radius 1 is 0.833 bits per heavy atom. The van der Waals surface area contributed by atoms with Crippen LogP contribution in [-0.4, -0.2) is 61.5 Å². The first-order valence-electron chi connectivity index (χ1n) is 9.23. The van der Waals surface area contributed by atoms with E-state index in [1.807, 2.05) is 17.0 Å². The molecule has 2 heterocycles. The van der Waals surface area contributed by atoms with Gasteiger partial charge in [-0.2, -0.15) is 0 Å². The van der Waals surface area contributed by atoms with E-state index in [-0.39, 0.29) is 11.7 Å². The number of anilines is 1. The van der Waals surface area contributed by atoms with E-state index in [2.05, 4.69) is 9.80 Å². The molecule has 0 unspecified atom stereocenters. The fourth-order valence-corrected chi connectivity index (χ4v) is 3.66. The van der Waals surface area contributed by atoms with E-state index in [0.717, 1.165) is 51.4 Å². The normalized spacial score (nSPS) is 20.5. The smallest absolute Gasteiger partial charge is 0.236 e. The lowest BCUT2D eigenvalue weighted by molar-refractivity contribution is -0.132. The molecular weight excluding hydrogens is 305 g/mol. The molecule has 0 saturated carbocycles. The number of nitrogens with zero attached hydrogens (tertiary/aromatic N) is 3. The number of halogens is 1. The first-order chi connectivity index (χ1) is 11.7. The molecule has 2 aliphatic rings. The van der Waals surface area contributed by atoms with Gasteiger partial charge in [-0.25, -0.2) is 4.39 Å². The standard InChI is InChI=1S/C19H28FN3O/c20-17-6-8-18(9-7-17)22-12-5-13-23(15-14-22)19(24)16-21-10-3-1-2-4-11-21/h6-9H,1-5,10-16H2. The highest BCUT2D eigenvalue weighted by atomic mass is 19.1. The average Bonchev–Trinajstić information content (AvgIpc) is 2.98. The number of hydrogen-bond donors (Lipinski definition) is 0. The van der Waals surface area contributed by atoms with Crippen LogP contribution in [0, 0.1) is 5.82 Å². The van der Waals surface area contributed by atoms with Gasteiger partial charge in [-0.15, -0.1) is 0 Å². The number of amides is 1. The first-order valence-corrected chi connectivity index (χ1v) is 9.23. The lowest BCUT2D eigenvalue weighted by atomic mass is 10.2. The summed E-state index contributed by atoms with van der Waals surface area (Å²) in [4.78, 5) is 19.2. The van der Waals surface area contributed by atoms with E-state index in [1.54, 1.807) is 0 Å². The van der Waals surface area contributed by atoms with Crippen molar-refractivity contribution in [3.8, 4) is 0 Å². The summed E-state index contributed by atoms with van der Waals surface area (Å²) >= 11 is 0. The second-order valence-corrected chi connectivity index (χ2v) is 6.89. The molecule has 0 bridgehead atoms. The van der Waals surface area contributed by atoms with Gasteiger partial charge in [0.05, 0.1) is 6.54 Å². The molecule has 0 N–H and O–H groups in total. The van der Waals surface area contributed by atoms with Gasteiger partial charge in [0.25, 0.3) is 0 Å². The van der Waals surface area contributed by atoms with Crippen LogP contribution in [0.2, 0.25) is 0 Å². The number of rotatable bonds is 3. The zero-order chi connectivity index (χ0) is 16.8.